The topological polar surface area (TPSA) is 35.0 Å². The summed E-state index contributed by atoms with van der Waals surface area (Å²) in [6.07, 6.45) is 3.22. The number of nitrogens with zero attached hydrogens (tertiary/aromatic N) is 2. The molecule has 0 saturated carbocycles. The molecular formula is C11H9ClN2O. The molecule has 0 N–H and O–H groups in total. The molecule has 1 aromatic carbocycles. The summed E-state index contributed by atoms with van der Waals surface area (Å²) in [5.41, 5.74) is 0.748. The lowest BCUT2D eigenvalue weighted by Gasteiger charge is -2.05. The van der Waals surface area contributed by atoms with Gasteiger partial charge in [-0.15, -0.1) is 0 Å². The number of ether oxygens (including phenoxy) is 1. The zero-order valence-electron chi connectivity index (χ0n) is 8.14. The standard InChI is InChI=1S/C11H9ClN2O/c1-8-11(14-6-5-13-8)15-10-4-2-3-9(12)7-10/h2-7H,1H3. The zero-order valence-corrected chi connectivity index (χ0v) is 8.90. The van der Waals surface area contributed by atoms with Crippen LogP contribution in [0.4, 0.5) is 0 Å². The van der Waals surface area contributed by atoms with Gasteiger partial charge in [0.2, 0.25) is 5.88 Å². The molecule has 0 unspecified atom stereocenters. The van der Waals surface area contributed by atoms with E-state index in [-0.39, 0.29) is 0 Å². The summed E-state index contributed by atoms with van der Waals surface area (Å²) in [7, 11) is 0. The van der Waals surface area contributed by atoms with Gasteiger partial charge in [-0.05, 0) is 25.1 Å². The predicted octanol–water partition coefficient (Wildman–Crippen LogP) is 3.23. The molecule has 0 aliphatic heterocycles. The molecule has 4 heteroatoms. The van der Waals surface area contributed by atoms with Crippen LogP contribution in [-0.4, -0.2) is 9.97 Å². The number of halogens is 1. The molecule has 2 rings (SSSR count). The fourth-order valence-corrected chi connectivity index (χ4v) is 1.32. The molecule has 0 saturated heterocycles. The highest BCUT2D eigenvalue weighted by molar-refractivity contribution is 6.30. The van der Waals surface area contributed by atoms with Crippen LogP contribution in [0.25, 0.3) is 0 Å². The number of rotatable bonds is 2. The van der Waals surface area contributed by atoms with Crippen molar-refractivity contribution in [2.24, 2.45) is 0 Å². The smallest absolute Gasteiger partial charge is 0.240 e. The van der Waals surface area contributed by atoms with E-state index in [1.54, 1.807) is 24.5 Å². The molecule has 15 heavy (non-hydrogen) atoms. The first-order chi connectivity index (χ1) is 7.25. The van der Waals surface area contributed by atoms with Gasteiger partial charge in [0.1, 0.15) is 5.75 Å². The lowest BCUT2D eigenvalue weighted by atomic mass is 10.3. The highest BCUT2D eigenvalue weighted by Crippen LogP contribution is 2.23. The zero-order chi connectivity index (χ0) is 10.7. The Hall–Kier alpha value is -1.61. The van der Waals surface area contributed by atoms with Crippen LogP contribution in [0.1, 0.15) is 5.69 Å². The van der Waals surface area contributed by atoms with Gasteiger partial charge >= 0.3 is 0 Å². The second kappa shape index (κ2) is 4.28. The summed E-state index contributed by atoms with van der Waals surface area (Å²) in [4.78, 5) is 8.15. The summed E-state index contributed by atoms with van der Waals surface area (Å²) in [6.45, 7) is 1.84. The second-order valence-electron chi connectivity index (χ2n) is 3.01. The van der Waals surface area contributed by atoms with Gasteiger partial charge in [0.25, 0.3) is 0 Å². The fourth-order valence-electron chi connectivity index (χ4n) is 1.14. The third kappa shape index (κ3) is 2.44. The summed E-state index contributed by atoms with van der Waals surface area (Å²) < 4.78 is 5.53. The first-order valence-corrected chi connectivity index (χ1v) is 4.84. The normalized spacial score (nSPS) is 10.0. The van der Waals surface area contributed by atoms with E-state index in [2.05, 4.69) is 9.97 Å². The third-order valence-corrected chi connectivity index (χ3v) is 2.08. The Balaban J connectivity index is 2.26. The summed E-state index contributed by atoms with van der Waals surface area (Å²) in [5, 5.41) is 0.633. The number of hydrogen-bond acceptors (Lipinski definition) is 3. The number of hydrogen-bond donors (Lipinski definition) is 0. The van der Waals surface area contributed by atoms with E-state index in [0.717, 1.165) is 5.69 Å². The second-order valence-corrected chi connectivity index (χ2v) is 3.44. The lowest BCUT2D eigenvalue weighted by molar-refractivity contribution is 0.455. The molecule has 0 radical (unpaired) electrons. The van der Waals surface area contributed by atoms with Crippen molar-refractivity contribution in [3.8, 4) is 11.6 Å². The highest BCUT2D eigenvalue weighted by atomic mass is 35.5. The van der Waals surface area contributed by atoms with E-state index in [1.165, 1.54) is 0 Å². The van der Waals surface area contributed by atoms with Gasteiger partial charge in [-0.1, -0.05) is 17.7 Å². The van der Waals surface area contributed by atoms with Gasteiger partial charge in [0, 0.05) is 17.4 Å². The monoisotopic (exact) mass is 220 g/mol. The van der Waals surface area contributed by atoms with Crippen LogP contribution in [0, 0.1) is 6.92 Å². The molecule has 0 fully saturated rings. The van der Waals surface area contributed by atoms with Crippen molar-refractivity contribution in [2.45, 2.75) is 6.92 Å². The van der Waals surface area contributed by atoms with E-state index >= 15 is 0 Å². The van der Waals surface area contributed by atoms with Gasteiger partial charge < -0.3 is 4.74 Å². The van der Waals surface area contributed by atoms with Crippen LogP contribution in [0.5, 0.6) is 11.6 Å². The minimum atomic E-state index is 0.500. The summed E-state index contributed by atoms with van der Waals surface area (Å²) >= 11 is 5.83. The fraction of sp³-hybridized carbons (Fsp3) is 0.0909. The molecule has 76 valence electrons. The quantitative estimate of drug-likeness (QED) is 0.780. The van der Waals surface area contributed by atoms with Crippen LogP contribution in [0.15, 0.2) is 36.7 Å². The third-order valence-electron chi connectivity index (χ3n) is 1.85. The predicted molar refractivity (Wildman–Crippen MR) is 58.3 cm³/mol. The van der Waals surface area contributed by atoms with Gasteiger partial charge in [-0.25, -0.2) is 4.98 Å². The van der Waals surface area contributed by atoms with Gasteiger partial charge in [-0.2, -0.15) is 0 Å². The number of benzene rings is 1. The van der Waals surface area contributed by atoms with Crippen LogP contribution in [0.3, 0.4) is 0 Å². The van der Waals surface area contributed by atoms with Gasteiger partial charge in [-0.3, -0.25) is 4.98 Å². The Morgan fingerprint density at radius 2 is 2.00 bits per heavy atom. The van der Waals surface area contributed by atoms with Crippen molar-refractivity contribution in [1.29, 1.82) is 0 Å². The van der Waals surface area contributed by atoms with Crippen LogP contribution in [0.2, 0.25) is 5.02 Å². The van der Waals surface area contributed by atoms with Crippen molar-refractivity contribution in [3.05, 3.63) is 47.4 Å². The molecule has 1 aromatic heterocycles. The van der Waals surface area contributed by atoms with E-state index < -0.39 is 0 Å². The maximum absolute atomic E-state index is 5.83. The van der Waals surface area contributed by atoms with E-state index in [1.807, 2.05) is 19.1 Å². The van der Waals surface area contributed by atoms with Gasteiger partial charge in [0.15, 0.2) is 0 Å². The molecule has 0 amide bonds. The number of aromatic nitrogens is 2. The molecule has 1 heterocycles. The summed E-state index contributed by atoms with van der Waals surface area (Å²) in [5.74, 6) is 1.16. The molecule has 0 bridgehead atoms. The van der Waals surface area contributed by atoms with Crippen molar-refractivity contribution in [3.63, 3.8) is 0 Å². The van der Waals surface area contributed by atoms with Crippen molar-refractivity contribution < 1.29 is 4.74 Å². The molecule has 0 spiro atoms. The first-order valence-electron chi connectivity index (χ1n) is 4.47. The first kappa shape index (κ1) is 9.93. The maximum atomic E-state index is 5.83. The van der Waals surface area contributed by atoms with Crippen molar-refractivity contribution >= 4 is 11.6 Å². The largest absolute Gasteiger partial charge is 0.437 e. The summed E-state index contributed by atoms with van der Waals surface area (Å²) in [6, 6.07) is 7.16. The minimum Gasteiger partial charge on any atom is -0.437 e. The van der Waals surface area contributed by atoms with Crippen LogP contribution >= 0.6 is 11.6 Å². The Bertz CT molecular complexity index is 474. The van der Waals surface area contributed by atoms with Crippen molar-refractivity contribution in [2.75, 3.05) is 0 Å². The van der Waals surface area contributed by atoms with E-state index in [4.69, 9.17) is 16.3 Å². The average molecular weight is 221 g/mol. The molecule has 3 nitrogen and oxygen atoms in total. The Kier molecular flexibility index (Phi) is 2.83. The molecule has 0 atom stereocenters. The lowest BCUT2D eigenvalue weighted by Crippen LogP contribution is -1.92. The molecule has 0 aliphatic carbocycles. The van der Waals surface area contributed by atoms with E-state index in [9.17, 15) is 0 Å². The Morgan fingerprint density at radius 3 is 2.73 bits per heavy atom. The number of aryl methyl sites for hydroxylation is 1. The highest BCUT2D eigenvalue weighted by Gasteiger charge is 2.02. The maximum Gasteiger partial charge on any atom is 0.240 e. The Labute approximate surface area is 92.7 Å². The van der Waals surface area contributed by atoms with Crippen molar-refractivity contribution in [1.82, 2.24) is 9.97 Å². The average Bonchev–Trinajstić information content (AvgIpc) is 2.22. The van der Waals surface area contributed by atoms with E-state index in [0.29, 0.717) is 16.7 Å². The van der Waals surface area contributed by atoms with Gasteiger partial charge in [0.05, 0.1) is 5.69 Å². The van der Waals surface area contributed by atoms with Crippen LogP contribution < -0.4 is 4.74 Å². The van der Waals surface area contributed by atoms with Crippen LogP contribution in [-0.2, 0) is 0 Å². The minimum absolute atomic E-state index is 0.500. The molecule has 0 aliphatic rings. The SMILES string of the molecule is Cc1nccnc1Oc1cccc(Cl)c1. The Morgan fingerprint density at radius 1 is 1.20 bits per heavy atom. The molecule has 2 aromatic rings. The molecular weight excluding hydrogens is 212 g/mol.